The van der Waals surface area contributed by atoms with Crippen LogP contribution < -0.4 is 14.5 Å². The number of pyridine rings is 1. The summed E-state index contributed by atoms with van der Waals surface area (Å²) in [6.45, 7) is 0. The Morgan fingerprint density at radius 2 is 1.65 bits per heavy atom. The standard InChI is InChI=1S/C25H23Cl2NO5.H2O/c1-31-22-10-9-18(12-24(22)32-2)23(13-19-20(26)14-28-15-21(19)27)33-25(30)17-7-5-16(6-8-17)4-3-11-29;/h5-12,14-15,23H,3-4,13H2,1-2H3;1H2/t23-;/m0./s1. The van der Waals surface area contributed by atoms with Crippen molar-refractivity contribution in [3.05, 3.63) is 87.2 Å². The van der Waals surface area contributed by atoms with Gasteiger partial charge in [-0.05, 0) is 41.8 Å². The molecule has 7 nitrogen and oxygen atoms in total. The summed E-state index contributed by atoms with van der Waals surface area (Å²) in [5, 5.41) is 0.868. The zero-order valence-electron chi connectivity index (χ0n) is 18.7. The molecule has 0 saturated heterocycles. The number of H-pyrrole nitrogens is 1. The smallest absolute Gasteiger partial charge is 0.338 e. The highest BCUT2D eigenvalue weighted by Gasteiger charge is 2.24. The molecule has 0 amide bonds. The maximum atomic E-state index is 13.0. The van der Waals surface area contributed by atoms with Gasteiger partial charge in [-0.15, -0.1) is 0 Å². The molecule has 1 aromatic heterocycles. The van der Waals surface area contributed by atoms with E-state index in [0.717, 1.165) is 11.8 Å². The van der Waals surface area contributed by atoms with Gasteiger partial charge in [-0.1, -0.05) is 41.4 Å². The molecule has 34 heavy (non-hydrogen) atoms. The van der Waals surface area contributed by atoms with Crippen molar-refractivity contribution in [1.29, 1.82) is 0 Å². The Morgan fingerprint density at radius 1 is 1.00 bits per heavy atom. The van der Waals surface area contributed by atoms with Gasteiger partial charge in [0.15, 0.2) is 23.9 Å². The fourth-order valence-electron chi connectivity index (χ4n) is 3.37. The number of aromatic amines is 1. The van der Waals surface area contributed by atoms with Crippen molar-refractivity contribution in [2.24, 2.45) is 0 Å². The predicted octanol–water partition coefficient (Wildman–Crippen LogP) is 4.92. The second kappa shape index (κ2) is 12.9. The number of carbonyl (C=O) groups is 2. The highest BCUT2D eigenvalue weighted by molar-refractivity contribution is 6.35. The minimum absolute atomic E-state index is 0. The van der Waals surface area contributed by atoms with Crippen LogP contribution in [-0.4, -0.2) is 32.0 Å². The van der Waals surface area contributed by atoms with Crippen LogP contribution in [0.4, 0.5) is 0 Å². The summed E-state index contributed by atoms with van der Waals surface area (Å²) in [6, 6.07) is 12.3. The number of esters is 1. The van der Waals surface area contributed by atoms with Crippen molar-refractivity contribution < 1.29 is 34.3 Å². The lowest BCUT2D eigenvalue weighted by molar-refractivity contribution is -0.377. The zero-order valence-corrected chi connectivity index (χ0v) is 20.2. The summed E-state index contributed by atoms with van der Waals surface area (Å²) in [7, 11) is 3.09. The van der Waals surface area contributed by atoms with Gasteiger partial charge in [0.25, 0.3) is 0 Å². The molecule has 0 aliphatic carbocycles. The van der Waals surface area contributed by atoms with E-state index in [1.165, 1.54) is 7.11 Å². The Labute approximate surface area is 207 Å². The molecular weight excluding hydrogens is 481 g/mol. The molecule has 2 N–H and O–H groups in total. The third-order valence-electron chi connectivity index (χ3n) is 5.16. The fraction of sp³-hybridized carbons (Fsp3) is 0.240. The first-order chi connectivity index (χ1) is 16.0. The van der Waals surface area contributed by atoms with Gasteiger partial charge in [-0.2, -0.15) is 0 Å². The maximum absolute atomic E-state index is 13.0. The molecule has 1 heterocycles. The quantitative estimate of drug-likeness (QED) is 0.286. The molecule has 0 aliphatic heterocycles. The molecule has 0 bridgehead atoms. The number of ether oxygens (including phenoxy) is 3. The first kappa shape index (κ1) is 27.1. The minimum atomic E-state index is -0.690. The van der Waals surface area contributed by atoms with Crippen LogP contribution in [0.3, 0.4) is 0 Å². The summed E-state index contributed by atoms with van der Waals surface area (Å²) in [4.78, 5) is 26.4. The Hall–Kier alpha value is -3.13. The highest BCUT2D eigenvalue weighted by atomic mass is 35.5. The normalized spacial score (nSPS) is 11.2. The largest absolute Gasteiger partial charge is 0.870 e. The van der Waals surface area contributed by atoms with E-state index in [2.05, 4.69) is 4.98 Å². The Morgan fingerprint density at radius 3 is 2.24 bits per heavy atom. The van der Waals surface area contributed by atoms with Gasteiger partial charge in [0.1, 0.15) is 22.4 Å². The van der Waals surface area contributed by atoms with Crippen LogP contribution in [0.25, 0.3) is 0 Å². The van der Waals surface area contributed by atoms with Gasteiger partial charge in [-0.25, -0.2) is 9.78 Å². The Bertz CT molecular complexity index is 1100. The lowest BCUT2D eigenvalue weighted by Crippen LogP contribution is -2.15. The predicted molar refractivity (Wildman–Crippen MR) is 127 cm³/mol. The number of halogens is 2. The van der Waals surface area contributed by atoms with Gasteiger partial charge in [0, 0.05) is 18.4 Å². The number of rotatable bonds is 10. The molecule has 9 heteroatoms. The van der Waals surface area contributed by atoms with E-state index in [9.17, 15) is 9.59 Å². The van der Waals surface area contributed by atoms with Gasteiger partial charge in [0.05, 0.1) is 19.8 Å². The van der Waals surface area contributed by atoms with E-state index in [0.29, 0.717) is 51.1 Å². The number of carbonyl (C=O) groups excluding carboxylic acids is 2. The average Bonchev–Trinajstić information content (AvgIpc) is 2.84. The van der Waals surface area contributed by atoms with E-state index in [-0.39, 0.29) is 11.9 Å². The Kier molecular flexibility index (Phi) is 10.3. The van der Waals surface area contributed by atoms with Crippen molar-refractivity contribution in [2.45, 2.75) is 25.4 Å². The van der Waals surface area contributed by atoms with Crippen molar-refractivity contribution >= 4 is 35.5 Å². The Balaban J connectivity index is 0.00000408. The van der Waals surface area contributed by atoms with E-state index >= 15 is 0 Å². The molecule has 0 spiro atoms. The van der Waals surface area contributed by atoms with Crippen LogP contribution in [0.1, 0.15) is 39.6 Å². The zero-order chi connectivity index (χ0) is 23.8. The molecular formula is C25H25Cl2NO6. The molecule has 3 rings (SSSR count). The van der Waals surface area contributed by atoms with Crippen LogP contribution in [0.2, 0.25) is 10.0 Å². The third kappa shape index (κ3) is 6.70. The number of hydrogen-bond donors (Lipinski definition) is 0. The second-order valence-electron chi connectivity index (χ2n) is 7.24. The van der Waals surface area contributed by atoms with Crippen LogP contribution in [0.5, 0.6) is 11.5 Å². The van der Waals surface area contributed by atoms with E-state index < -0.39 is 12.1 Å². The molecule has 3 aromatic rings. The number of methoxy groups -OCH3 is 2. The number of hydrogen-bond acceptors (Lipinski definition) is 6. The molecule has 0 fully saturated rings. The topological polar surface area (TPSA) is 106 Å². The summed E-state index contributed by atoms with van der Waals surface area (Å²) < 4.78 is 16.6. The molecule has 0 radical (unpaired) electrons. The van der Waals surface area contributed by atoms with Gasteiger partial charge in [-0.3, -0.25) is 0 Å². The van der Waals surface area contributed by atoms with E-state index in [1.807, 2.05) is 12.1 Å². The molecule has 0 aliphatic rings. The van der Waals surface area contributed by atoms with Gasteiger partial charge >= 0.3 is 5.97 Å². The second-order valence-corrected chi connectivity index (χ2v) is 8.06. The molecule has 0 saturated carbocycles. The van der Waals surface area contributed by atoms with Gasteiger partial charge in [0.2, 0.25) is 0 Å². The summed E-state index contributed by atoms with van der Waals surface area (Å²) in [6.07, 6.45) is 4.72. The summed E-state index contributed by atoms with van der Waals surface area (Å²) in [5.74, 6) is 0.572. The van der Waals surface area contributed by atoms with E-state index in [1.54, 1.807) is 49.8 Å². The average molecular weight is 506 g/mol. The van der Waals surface area contributed by atoms with Crippen LogP contribution >= 0.6 is 23.2 Å². The number of aldehydes is 1. The summed E-state index contributed by atoms with van der Waals surface area (Å²) >= 11 is 12.7. The van der Waals surface area contributed by atoms with Crippen molar-refractivity contribution in [3.63, 3.8) is 0 Å². The van der Waals surface area contributed by atoms with E-state index in [4.69, 9.17) is 37.4 Å². The number of benzene rings is 2. The molecule has 0 unspecified atom stereocenters. The number of aromatic nitrogens is 1. The molecule has 180 valence electrons. The lowest BCUT2D eigenvalue weighted by Gasteiger charge is -2.20. The first-order valence-corrected chi connectivity index (χ1v) is 11.0. The summed E-state index contributed by atoms with van der Waals surface area (Å²) in [5.41, 5.74) is 2.71. The van der Waals surface area contributed by atoms with Crippen molar-refractivity contribution in [2.75, 3.05) is 14.2 Å². The highest BCUT2D eigenvalue weighted by Crippen LogP contribution is 2.35. The monoisotopic (exact) mass is 505 g/mol. The third-order valence-corrected chi connectivity index (χ3v) is 5.83. The van der Waals surface area contributed by atoms with Gasteiger partial charge < -0.3 is 24.5 Å². The first-order valence-electron chi connectivity index (χ1n) is 10.3. The molecule has 2 aromatic carbocycles. The lowest BCUT2D eigenvalue weighted by atomic mass is 10.0. The number of aryl methyl sites for hydroxylation is 1. The SMILES string of the molecule is COc1ccc([C@H](Cc2c(Cl)c[nH+]cc2Cl)OC(=O)c2ccc(CCC=O)cc2)cc1OC.[OH-]. The van der Waals surface area contributed by atoms with Crippen LogP contribution in [0.15, 0.2) is 54.9 Å². The maximum Gasteiger partial charge on any atom is 0.338 e. The van der Waals surface area contributed by atoms with Crippen LogP contribution in [-0.2, 0) is 22.4 Å². The molecule has 1 atom stereocenters. The fourth-order valence-corrected chi connectivity index (χ4v) is 3.90. The van der Waals surface area contributed by atoms with Crippen molar-refractivity contribution in [3.8, 4) is 11.5 Å². The van der Waals surface area contributed by atoms with Crippen LogP contribution in [0, 0.1) is 0 Å². The van der Waals surface area contributed by atoms with Crippen molar-refractivity contribution in [1.82, 2.24) is 0 Å². The number of nitrogens with one attached hydrogen (secondary N) is 1. The minimum Gasteiger partial charge on any atom is -0.870 e.